The third-order valence-electron chi connectivity index (χ3n) is 3.55. The lowest BCUT2D eigenvalue weighted by Crippen LogP contribution is -2.23. The van der Waals surface area contributed by atoms with E-state index >= 15 is 0 Å². The lowest BCUT2D eigenvalue weighted by atomic mass is 10.2. The van der Waals surface area contributed by atoms with Gasteiger partial charge in [-0.1, -0.05) is 30.3 Å². The number of aryl methyl sites for hydroxylation is 1. The van der Waals surface area contributed by atoms with Gasteiger partial charge in [-0.2, -0.15) is 0 Å². The largest absolute Gasteiger partial charge is 0.497 e. The van der Waals surface area contributed by atoms with Crippen molar-refractivity contribution < 1.29 is 9.53 Å². The van der Waals surface area contributed by atoms with Gasteiger partial charge in [0.05, 0.1) is 18.5 Å². The minimum atomic E-state index is -0.150. The number of anilines is 2. The Kier molecular flexibility index (Phi) is 5.26. The molecule has 25 heavy (non-hydrogen) atoms. The minimum Gasteiger partial charge on any atom is -0.497 e. The molecule has 4 nitrogen and oxygen atoms in total. The van der Waals surface area contributed by atoms with Crippen LogP contribution in [0.25, 0.3) is 6.08 Å². The Morgan fingerprint density at radius 3 is 2.64 bits per heavy atom. The van der Waals surface area contributed by atoms with Gasteiger partial charge >= 0.3 is 0 Å². The van der Waals surface area contributed by atoms with E-state index in [0.717, 1.165) is 22.7 Å². The van der Waals surface area contributed by atoms with Gasteiger partial charge < -0.3 is 4.74 Å². The Balaban J connectivity index is 1.90. The van der Waals surface area contributed by atoms with Crippen LogP contribution < -0.4 is 9.64 Å². The fourth-order valence-corrected chi connectivity index (χ4v) is 3.17. The van der Waals surface area contributed by atoms with E-state index in [1.54, 1.807) is 24.2 Å². The highest BCUT2D eigenvalue weighted by Crippen LogP contribution is 2.29. The molecule has 0 N–H and O–H groups in total. The Morgan fingerprint density at radius 1 is 1.16 bits per heavy atom. The summed E-state index contributed by atoms with van der Waals surface area (Å²) >= 11 is 1.45. The standard InChI is InChI=1S/C20H18N2O2S/c1-15-14-25-20(21-15)22(17-8-4-3-5-9-17)19(23)12-11-16-7-6-10-18(13-16)24-2/h3-14H,1-2H3/b12-11+. The van der Waals surface area contributed by atoms with Crippen molar-refractivity contribution in [1.29, 1.82) is 0 Å². The maximum atomic E-state index is 12.9. The van der Waals surface area contributed by atoms with Gasteiger partial charge in [0, 0.05) is 11.5 Å². The number of carbonyl (C=O) groups is 1. The first kappa shape index (κ1) is 16.9. The summed E-state index contributed by atoms with van der Waals surface area (Å²) in [5.74, 6) is 0.605. The molecule has 1 heterocycles. The average molecular weight is 350 g/mol. The second-order valence-corrected chi connectivity index (χ2v) is 6.23. The summed E-state index contributed by atoms with van der Waals surface area (Å²) in [6.45, 7) is 1.92. The number of hydrogen-bond acceptors (Lipinski definition) is 4. The van der Waals surface area contributed by atoms with Gasteiger partial charge in [0.25, 0.3) is 5.91 Å². The molecular weight excluding hydrogens is 332 g/mol. The van der Waals surface area contributed by atoms with Crippen LogP contribution in [-0.4, -0.2) is 18.0 Å². The molecule has 0 bridgehead atoms. The number of nitrogens with zero attached hydrogens (tertiary/aromatic N) is 2. The molecule has 126 valence electrons. The molecule has 3 rings (SSSR count). The molecule has 2 aromatic carbocycles. The van der Waals surface area contributed by atoms with E-state index in [1.165, 1.54) is 11.3 Å². The lowest BCUT2D eigenvalue weighted by molar-refractivity contribution is -0.113. The van der Waals surface area contributed by atoms with Crippen molar-refractivity contribution in [3.8, 4) is 5.75 Å². The molecule has 0 spiro atoms. The smallest absolute Gasteiger partial charge is 0.257 e. The molecule has 0 radical (unpaired) electrons. The summed E-state index contributed by atoms with van der Waals surface area (Å²) in [5.41, 5.74) is 2.58. The zero-order valence-corrected chi connectivity index (χ0v) is 14.9. The van der Waals surface area contributed by atoms with Crippen molar-refractivity contribution in [2.75, 3.05) is 12.0 Å². The quantitative estimate of drug-likeness (QED) is 0.619. The van der Waals surface area contributed by atoms with Crippen molar-refractivity contribution in [3.05, 3.63) is 77.3 Å². The van der Waals surface area contributed by atoms with Gasteiger partial charge in [-0.25, -0.2) is 4.98 Å². The molecule has 1 aromatic heterocycles. The first-order valence-electron chi connectivity index (χ1n) is 7.81. The number of thiazole rings is 1. The maximum absolute atomic E-state index is 12.9. The summed E-state index contributed by atoms with van der Waals surface area (Å²) in [6, 6.07) is 17.1. The van der Waals surface area contributed by atoms with Crippen LogP contribution in [0.5, 0.6) is 5.75 Å². The van der Waals surface area contributed by atoms with Crippen LogP contribution in [0.1, 0.15) is 11.3 Å². The molecule has 5 heteroatoms. The van der Waals surface area contributed by atoms with Crippen LogP contribution >= 0.6 is 11.3 Å². The first-order valence-corrected chi connectivity index (χ1v) is 8.69. The van der Waals surface area contributed by atoms with Crippen molar-refractivity contribution in [2.45, 2.75) is 6.92 Å². The highest BCUT2D eigenvalue weighted by atomic mass is 32.1. The van der Waals surface area contributed by atoms with E-state index in [9.17, 15) is 4.79 Å². The molecule has 0 aliphatic carbocycles. The Morgan fingerprint density at radius 2 is 1.96 bits per heavy atom. The first-order chi connectivity index (χ1) is 12.2. The molecule has 0 aliphatic rings. The number of carbonyl (C=O) groups excluding carboxylic acids is 1. The topological polar surface area (TPSA) is 42.4 Å². The number of hydrogen-bond donors (Lipinski definition) is 0. The van der Waals surface area contributed by atoms with Gasteiger partial charge in [-0.05, 0) is 42.8 Å². The van der Waals surface area contributed by atoms with Crippen LogP contribution in [0.2, 0.25) is 0 Å². The van der Waals surface area contributed by atoms with Crippen LogP contribution in [0.3, 0.4) is 0 Å². The number of aromatic nitrogens is 1. The zero-order chi connectivity index (χ0) is 17.6. The SMILES string of the molecule is COc1cccc(/C=C/C(=O)N(c2ccccc2)c2nc(C)cs2)c1. The maximum Gasteiger partial charge on any atom is 0.257 e. The number of methoxy groups -OCH3 is 1. The van der Waals surface area contributed by atoms with E-state index < -0.39 is 0 Å². The number of amides is 1. The third kappa shape index (κ3) is 4.14. The van der Waals surface area contributed by atoms with E-state index in [-0.39, 0.29) is 5.91 Å². The predicted molar refractivity (Wildman–Crippen MR) is 102 cm³/mol. The fraction of sp³-hybridized carbons (Fsp3) is 0.100. The Bertz CT molecular complexity index is 887. The zero-order valence-electron chi connectivity index (χ0n) is 14.0. The molecule has 0 aliphatic heterocycles. The molecular formula is C20H18N2O2S. The van der Waals surface area contributed by atoms with Crippen molar-refractivity contribution >= 4 is 34.1 Å². The number of rotatable bonds is 5. The van der Waals surface area contributed by atoms with Gasteiger partial charge in [0.1, 0.15) is 5.75 Å². The monoisotopic (exact) mass is 350 g/mol. The fourth-order valence-electron chi connectivity index (χ4n) is 2.34. The van der Waals surface area contributed by atoms with Gasteiger partial charge in [0.15, 0.2) is 5.13 Å². The molecule has 0 unspecified atom stereocenters. The number of benzene rings is 2. The van der Waals surface area contributed by atoms with Crippen molar-refractivity contribution in [2.24, 2.45) is 0 Å². The lowest BCUT2D eigenvalue weighted by Gasteiger charge is -2.18. The summed E-state index contributed by atoms with van der Waals surface area (Å²) in [7, 11) is 1.62. The van der Waals surface area contributed by atoms with Gasteiger partial charge in [-0.15, -0.1) is 11.3 Å². The summed E-state index contributed by atoms with van der Waals surface area (Å²) in [6.07, 6.45) is 3.33. The Labute approximate surface area is 151 Å². The molecule has 3 aromatic rings. The molecule has 0 saturated heterocycles. The van der Waals surface area contributed by atoms with Crippen LogP contribution in [0, 0.1) is 6.92 Å². The highest BCUT2D eigenvalue weighted by Gasteiger charge is 2.18. The molecule has 0 atom stereocenters. The van der Waals surface area contributed by atoms with Crippen molar-refractivity contribution in [3.63, 3.8) is 0 Å². The Hall–Kier alpha value is -2.92. The summed E-state index contributed by atoms with van der Waals surface area (Å²) in [4.78, 5) is 18.9. The van der Waals surface area contributed by atoms with Gasteiger partial charge in [0.2, 0.25) is 0 Å². The normalized spacial score (nSPS) is 10.8. The highest BCUT2D eigenvalue weighted by molar-refractivity contribution is 7.14. The number of para-hydroxylation sites is 1. The average Bonchev–Trinajstić information content (AvgIpc) is 3.07. The summed E-state index contributed by atoms with van der Waals surface area (Å²) < 4.78 is 5.21. The molecule has 0 saturated carbocycles. The van der Waals surface area contributed by atoms with Crippen molar-refractivity contribution in [1.82, 2.24) is 4.98 Å². The predicted octanol–water partition coefficient (Wildman–Crippen LogP) is 4.84. The summed E-state index contributed by atoms with van der Waals surface area (Å²) in [5, 5.41) is 2.59. The van der Waals surface area contributed by atoms with E-state index in [4.69, 9.17) is 4.74 Å². The number of ether oxygens (including phenoxy) is 1. The second-order valence-electron chi connectivity index (χ2n) is 5.39. The van der Waals surface area contributed by atoms with Crippen LogP contribution in [-0.2, 0) is 4.79 Å². The molecule has 1 amide bonds. The van der Waals surface area contributed by atoms with E-state index in [1.807, 2.05) is 66.9 Å². The molecule has 0 fully saturated rings. The van der Waals surface area contributed by atoms with E-state index in [2.05, 4.69) is 4.98 Å². The third-order valence-corrected chi connectivity index (χ3v) is 4.49. The second kappa shape index (κ2) is 7.77. The van der Waals surface area contributed by atoms with Gasteiger partial charge in [-0.3, -0.25) is 9.69 Å². The minimum absolute atomic E-state index is 0.150. The van der Waals surface area contributed by atoms with E-state index in [0.29, 0.717) is 5.13 Å². The van der Waals surface area contributed by atoms with Crippen LogP contribution in [0.4, 0.5) is 10.8 Å². The van der Waals surface area contributed by atoms with Crippen LogP contribution in [0.15, 0.2) is 66.1 Å².